The third-order valence-corrected chi connectivity index (χ3v) is 9.91. The van der Waals surface area contributed by atoms with E-state index in [0.717, 1.165) is 27.8 Å². The van der Waals surface area contributed by atoms with Crippen LogP contribution in [0.4, 0.5) is 11.5 Å². The molecule has 0 bridgehead atoms. The highest BCUT2D eigenvalue weighted by atomic mass is 16.2. The lowest BCUT2D eigenvalue weighted by atomic mass is 9.74. The number of pyridine rings is 1. The van der Waals surface area contributed by atoms with Crippen molar-refractivity contribution in [2.24, 2.45) is 12.5 Å². The Morgan fingerprint density at radius 2 is 1.74 bits per heavy atom. The van der Waals surface area contributed by atoms with E-state index in [9.17, 15) is 19.2 Å². The molecule has 4 heterocycles. The van der Waals surface area contributed by atoms with Crippen LogP contribution < -0.4 is 16.0 Å². The van der Waals surface area contributed by atoms with Gasteiger partial charge in [0.25, 0.3) is 5.91 Å². The zero-order valence-corrected chi connectivity index (χ0v) is 28.9. The molecule has 0 aliphatic carbocycles. The quantitative estimate of drug-likeness (QED) is 0.231. The first-order valence-electron chi connectivity index (χ1n) is 17.1. The molecule has 0 atom stereocenters. The van der Waals surface area contributed by atoms with Gasteiger partial charge in [-0.25, -0.2) is 4.98 Å². The van der Waals surface area contributed by atoms with Gasteiger partial charge in [0.05, 0.1) is 11.8 Å². The van der Waals surface area contributed by atoms with Crippen LogP contribution in [0.1, 0.15) is 64.5 Å². The molecule has 2 aromatic heterocycles. The highest BCUT2D eigenvalue weighted by Gasteiger charge is 2.43. The summed E-state index contributed by atoms with van der Waals surface area (Å²) in [7, 11) is 3.65. The van der Waals surface area contributed by atoms with Gasteiger partial charge >= 0.3 is 0 Å². The number of benzene rings is 2. The Morgan fingerprint density at radius 1 is 0.960 bits per heavy atom. The summed E-state index contributed by atoms with van der Waals surface area (Å²) in [5.41, 5.74) is 4.96. The van der Waals surface area contributed by atoms with Gasteiger partial charge in [-0.3, -0.25) is 23.9 Å². The van der Waals surface area contributed by atoms with Crippen LogP contribution in [0.15, 0.2) is 73.1 Å². The minimum atomic E-state index is -0.722. The molecule has 2 aliphatic rings. The molecular formula is C38H44N8O4. The number of anilines is 2. The molecule has 3 N–H and O–H groups in total. The van der Waals surface area contributed by atoms with Gasteiger partial charge in [0.15, 0.2) is 0 Å². The van der Waals surface area contributed by atoms with Crippen molar-refractivity contribution in [3.63, 3.8) is 0 Å². The van der Waals surface area contributed by atoms with Crippen LogP contribution >= 0.6 is 0 Å². The molecule has 12 nitrogen and oxygen atoms in total. The van der Waals surface area contributed by atoms with Crippen molar-refractivity contribution in [2.45, 2.75) is 52.1 Å². The van der Waals surface area contributed by atoms with Crippen molar-refractivity contribution in [3.05, 3.63) is 107 Å². The van der Waals surface area contributed by atoms with E-state index in [4.69, 9.17) is 0 Å². The van der Waals surface area contributed by atoms with Crippen LogP contribution in [0.5, 0.6) is 0 Å². The number of nitrogens with one attached hydrogen (secondary N) is 3. The molecule has 0 radical (unpaired) electrons. The fraction of sp³-hybridized carbons (Fsp3) is 0.368. The standard InChI is InChI=1S/C38H44N8O4/c1-4-38(14-18-45(19-15-38)36(49)32-13-17-44(3)43-32)37(50)46(24-29-9-6-5-8-28(29)23-39-2)25-34(48)41-31-12-11-26-20-27-10-7-16-40-35(27)42-33(47)22-30(26)21-31/h5-13,16-17,21,39H,4,14-15,18-20,22-25H2,1-3H3,(H,41,48)(H,40,42,47). The van der Waals surface area contributed by atoms with Crippen molar-refractivity contribution in [1.29, 1.82) is 0 Å². The second-order valence-corrected chi connectivity index (χ2v) is 13.2. The van der Waals surface area contributed by atoms with Crippen molar-refractivity contribution < 1.29 is 19.2 Å². The normalized spacial score (nSPS) is 15.2. The number of nitrogens with zero attached hydrogens (tertiary/aromatic N) is 5. The molecular weight excluding hydrogens is 632 g/mol. The first-order valence-corrected chi connectivity index (χ1v) is 17.1. The molecule has 0 saturated carbocycles. The second-order valence-electron chi connectivity index (χ2n) is 13.2. The molecule has 2 aromatic carbocycles. The van der Waals surface area contributed by atoms with Crippen LogP contribution in [0, 0.1) is 5.41 Å². The van der Waals surface area contributed by atoms with Gasteiger partial charge in [0.1, 0.15) is 18.1 Å². The number of piperidine rings is 1. The number of aryl methyl sites for hydroxylation is 1. The molecule has 2 aliphatic heterocycles. The minimum absolute atomic E-state index is 0.0959. The Morgan fingerprint density at radius 3 is 2.46 bits per heavy atom. The molecule has 0 unspecified atom stereocenters. The number of aromatic nitrogens is 3. The smallest absolute Gasteiger partial charge is 0.274 e. The topological polar surface area (TPSA) is 142 Å². The predicted molar refractivity (Wildman–Crippen MR) is 190 cm³/mol. The molecule has 0 spiro atoms. The molecule has 260 valence electrons. The molecule has 4 aromatic rings. The van der Waals surface area contributed by atoms with Gasteiger partial charge in [0.2, 0.25) is 17.7 Å². The van der Waals surface area contributed by atoms with Gasteiger partial charge < -0.3 is 25.8 Å². The third-order valence-electron chi connectivity index (χ3n) is 9.91. The average Bonchev–Trinajstić information content (AvgIpc) is 3.55. The maximum Gasteiger partial charge on any atom is 0.274 e. The van der Waals surface area contributed by atoms with Crippen LogP contribution in [0.2, 0.25) is 0 Å². The molecule has 50 heavy (non-hydrogen) atoms. The second kappa shape index (κ2) is 15.0. The number of amides is 4. The van der Waals surface area contributed by atoms with Crippen molar-refractivity contribution in [3.8, 4) is 0 Å². The van der Waals surface area contributed by atoms with Gasteiger partial charge in [-0.2, -0.15) is 5.10 Å². The number of likely N-dealkylation sites (tertiary alicyclic amines) is 1. The molecule has 6 rings (SSSR count). The number of carbonyl (C=O) groups is 4. The van der Waals surface area contributed by atoms with Crippen LogP contribution in [-0.2, 0) is 47.4 Å². The monoisotopic (exact) mass is 676 g/mol. The number of rotatable bonds is 10. The number of hydrogen-bond donors (Lipinski definition) is 3. The largest absolute Gasteiger partial charge is 0.337 e. The summed E-state index contributed by atoms with van der Waals surface area (Å²) in [6.45, 7) is 3.59. The average molecular weight is 677 g/mol. The summed E-state index contributed by atoms with van der Waals surface area (Å²) in [5.74, 6) is -0.180. The molecule has 1 saturated heterocycles. The lowest BCUT2D eigenvalue weighted by molar-refractivity contribution is -0.147. The summed E-state index contributed by atoms with van der Waals surface area (Å²) in [6.07, 6.45) is 5.71. The van der Waals surface area contributed by atoms with Crippen molar-refractivity contribution in [1.82, 2.24) is 29.9 Å². The van der Waals surface area contributed by atoms with E-state index in [2.05, 4.69) is 26.0 Å². The Labute approximate surface area is 292 Å². The summed E-state index contributed by atoms with van der Waals surface area (Å²) < 4.78 is 1.60. The van der Waals surface area contributed by atoms with Crippen molar-refractivity contribution in [2.75, 3.05) is 37.3 Å². The number of fused-ring (bicyclic) bond motifs is 2. The first kappa shape index (κ1) is 34.5. The van der Waals surface area contributed by atoms with Crippen LogP contribution in [0.25, 0.3) is 0 Å². The summed E-state index contributed by atoms with van der Waals surface area (Å²) >= 11 is 0. The van der Waals surface area contributed by atoms with Gasteiger partial charge in [0, 0.05) is 57.7 Å². The van der Waals surface area contributed by atoms with E-state index in [-0.39, 0.29) is 43.1 Å². The predicted octanol–water partition coefficient (Wildman–Crippen LogP) is 3.92. The fourth-order valence-electron chi connectivity index (χ4n) is 7.03. The lowest BCUT2D eigenvalue weighted by Gasteiger charge is -2.42. The summed E-state index contributed by atoms with van der Waals surface area (Å²) in [4.78, 5) is 62.1. The van der Waals surface area contributed by atoms with E-state index < -0.39 is 5.41 Å². The summed E-state index contributed by atoms with van der Waals surface area (Å²) in [5, 5.41) is 13.3. The number of carbonyl (C=O) groups excluding carboxylic acids is 4. The zero-order chi connectivity index (χ0) is 35.3. The van der Waals surface area contributed by atoms with E-state index >= 15 is 0 Å². The van der Waals surface area contributed by atoms with Crippen LogP contribution in [0.3, 0.4) is 0 Å². The van der Waals surface area contributed by atoms with E-state index in [1.54, 1.807) is 40.0 Å². The van der Waals surface area contributed by atoms with Gasteiger partial charge in [-0.15, -0.1) is 0 Å². The van der Waals surface area contributed by atoms with Gasteiger partial charge in [-0.1, -0.05) is 43.3 Å². The third kappa shape index (κ3) is 7.60. The van der Waals surface area contributed by atoms with Crippen molar-refractivity contribution >= 4 is 35.1 Å². The number of hydrogen-bond acceptors (Lipinski definition) is 7. The van der Waals surface area contributed by atoms with Crippen LogP contribution in [-0.4, -0.2) is 74.9 Å². The SMILES string of the molecule is CCC1(C(=O)N(CC(=O)Nc2ccc3c(c2)CC(=O)Nc2ncccc2C3)Cc2ccccc2CNC)CCN(C(=O)c2ccn(C)n2)CC1. The Balaban J connectivity index is 1.21. The zero-order valence-electron chi connectivity index (χ0n) is 28.9. The summed E-state index contributed by atoms with van der Waals surface area (Å²) in [6, 6.07) is 19.0. The first-order chi connectivity index (χ1) is 24.2. The molecule has 12 heteroatoms. The molecule has 4 amide bonds. The van der Waals surface area contributed by atoms with E-state index in [1.165, 1.54) is 0 Å². The Kier molecular flexibility index (Phi) is 10.4. The Bertz CT molecular complexity index is 1890. The maximum absolute atomic E-state index is 14.6. The molecule has 1 fully saturated rings. The van der Waals surface area contributed by atoms with Gasteiger partial charge in [-0.05, 0) is 78.4 Å². The maximum atomic E-state index is 14.6. The lowest BCUT2D eigenvalue weighted by Crippen LogP contribution is -2.52. The van der Waals surface area contributed by atoms with E-state index in [1.807, 2.05) is 68.6 Å². The highest BCUT2D eigenvalue weighted by Crippen LogP contribution is 2.38. The highest BCUT2D eigenvalue weighted by molar-refractivity contribution is 5.97. The fourth-order valence-corrected chi connectivity index (χ4v) is 7.03. The minimum Gasteiger partial charge on any atom is -0.337 e. The van der Waals surface area contributed by atoms with E-state index in [0.29, 0.717) is 62.5 Å². The Hall–Kier alpha value is -5.36.